The Labute approximate surface area is 140 Å². The third-order valence-electron chi connectivity index (χ3n) is 5.71. The number of hydrogen-bond donors (Lipinski definition) is 1. The summed E-state index contributed by atoms with van der Waals surface area (Å²) < 4.78 is 32.8. The number of halogens is 2. The van der Waals surface area contributed by atoms with Crippen molar-refractivity contribution in [1.29, 1.82) is 0 Å². The van der Waals surface area contributed by atoms with Crippen molar-refractivity contribution in [3.63, 3.8) is 0 Å². The Morgan fingerprint density at radius 1 is 1.42 bits per heavy atom. The van der Waals surface area contributed by atoms with E-state index in [2.05, 4.69) is 0 Å². The van der Waals surface area contributed by atoms with Crippen LogP contribution in [0.2, 0.25) is 0 Å². The Bertz CT molecular complexity index is 651. The maximum absolute atomic E-state index is 14.2. The number of rotatable bonds is 3. The Kier molecular flexibility index (Phi) is 4.51. The molecule has 4 nitrogen and oxygen atoms in total. The van der Waals surface area contributed by atoms with Gasteiger partial charge in [-0.3, -0.25) is 4.79 Å². The fourth-order valence-corrected chi connectivity index (χ4v) is 4.29. The summed E-state index contributed by atoms with van der Waals surface area (Å²) in [4.78, 5) is 14.3. The van der Waals surface area contributed by atoms with Gasteiger partial charge in [0, 0.05) is 19.0 Å². The highest BCUT2D eigenvalue weighted by Crippen LogP contribution is 2.44. The number of methoxy groups -OCH3 is 1. The molecule has 0 spiro atoms. The second-order valence-corrected chi connectivity index (χ2v) is 6.86. The molecular formula is C18H23F2NO3. The molecule has 1 aromatic carbocycles. The summed E-state index contributed by atoms with van der Waals surface area (Å²) in [6, 6.07) is 2.21. The summed E-state index contributed by atoms with van der Waals surface area (Å²) in [5.74, 6) is -2.60. The van der Waals surface area contributed by atoms with Crippen molar-refractivity contribution in [2.45, 2.75) is 38.2 Å². The predicted molar refractivity (Wildman–Crippen MR) is 84.9 cm³/mol. The number of carbonyl (C=O) groups excluding carboxylic acids is 1. The Balaban J connectivity index is 1.89. The highest BCUT2D eigenvalue weighted by molar-refractivity contribution is 5.97. The van der Waals surface area contributed by atoms with Gasteiger partial charge in [-0.05, 0) is 37.3 Å². The van der Waals surface area contributed by atoms with Crippen LogP contribution in [0.5, 0.6) is 5.75 Å². The number of hydrogen-bond acceptors (Lipinski definition) is 3. The van der Waals surface area contributed by atoms with Crippen LogP contribution >= 0.6 is 0 Å². The third-order valence-corrected chi connectivity index (χ3v) is 5.71. The lowest BCUT2D eigenvalue weighted by molar-refractivity contribution is -0.0609. The van der Waals surface area contributed by atoms with Crippen LogP contribution in [0.25, 0.3) is 0 Å². The molecule has 2 fully saturated rings. The van der Waals surface area contributed by atoms with Gasteiger partial charge in [-0.1, -0.05) is 13.3 Å². The molecule has 1 amide bonds. The average molecular weight is 339 g/mol. The molecule has 1 heterocycles. The zero-order valence-corrected chi connectivity index (χ0v) is 14.0. The fourth-order valence-electron chi connectivity index (χ4n) is 4.29. The number of carbonyl (C=O) groups is 1. The largest absolute Gasteiger partial charge is 0.496 e. The van der Waals surface area contributed by atoms with Crippen LogP contribution in [0.1, 0.15) is 43.0 Å². The number of nitrogens with zero attached hydrogens (tertiary/aromatic N) is 1. The second-order valence-electron chi connectivity index (χ2n) is 6.86. The van der Waals surface area contributed by atoms with E-state index in [1.54, 1.807) is 0 Å². The van der Waals surface area contributed by atoms with Crippen molar-refractivity contribution >= 4 is 5.91 Å². The predicted octanol–water partition coefficient (Wildman–Crippen LogP) is 2.99. The van der Waals surface area contributed by atoms with E-state index in [4.69, 9.17) is 4.74 Å². The molecule has 6 heteroatoms. The normalized spacial score (nSPS) is 29.5. The van der Waals surface area contributed by atoms with Crippen LogP contribution in [-0.2, 0) is 0 Å². The first-order chi connectivity index (χ1) is 11.4. The molecule has 0 bridgehead atoms. The minimum atomic E-state index is -1.18. The molecule has 1 aromatic rings. The van der Waals surface area contributed by atoms with Crippen molar-refractivity contribution in [1.82, 2.24) is 4.90 Å². The smallest absolute Gasteiger partial charge is 0.260 e. The summed E-state index contributed by atoms with van der Waals surface area (Å²) in [7, 11) is 1.32. The van der Waals surface area contributed by atoms with E-state index in [0.717, 1.165) is 25.3 Å². The molecule has 132 valence electrons. The van der Waals surface area contributed by atoms with Crippen molar-refractivity contribution in [3.8, 4) is 5.75 Å². The lowest BCUT2D eigenvalue weighted by Gasteiger charge is -2.40. The summed E-state index contributed by atoms with van der Waals surface area (Å²) in [5.41, 5.74) is -1.14. The van der Waals surface area contributed by atoms with E-state index in [-0.39, 0.29) is 23.1 Å². The van der Waals surface area contributed by atoms with Crippen molar-refractivity contribution < 1.29 is 23.4 Å². The molecule has 1 aliphatic heterocycles. The fraction of sp³-hybridized carbons (Fsp3) is 0.611. The van der Waals surface area contributed by atoms with Crippen molar-refractivity contribution in [3.05, 3.63) is 29.3 Å². The molecular weight excluding hydrogens is 316 g/mol. The minimum absolute atomic E-state index is 0.0113. The van der Waals surface area contributed by atoms with Gasteiger partial charge in [0.15, 0.2) is 11.6 Å². The molecule has 0 radical (unpaired) electrons. The van der Waals surface area contributed by atoms with Crippen LogP contribution in [0, 0.1) is 23.5 Å². The van der Waals surface area contributed by atoms with E-state index in [9.17, 15) is 18.7 Å². The summed E-state index contributed by atoms with van der Waals surface area (Å²) in [5, 5.41) is 10.8. The number of benzene rings is 1. The zero-order chi connectivity index (χ0) is 17.5. The molecule has 0 aromatic heterocycles. The highest BCUT2D eigenvalue weighted by atomic mass is 19.2. The molecule has 1 aliphatic carbocycles. The van der Waals surface area contributed by atoms with E-state index in [0.29, 0.717) is 19.5 Å². The SMILES string of the molecule is CC[C@]1(O)CCC[C@H]2CN(C(=O)c3c(OC)ccc(F)c3F)C[C@H]21. The van der Waals surface area contributed by atoms with E-state index in [1.807, 2.05) is 6.92 Å². The molecule has 1 saturated heterocycles. The van der Waals surface area contributed by atoms with Crippen LogP contribution in [0.3, 0.4) is 0 Å². The third kappa shape index (κ3) is 2.66. The van der Waals surface area contributed by atoms with E-state index in [1.165, 1.54) is 18.1 Å². The van der Waals surface area contributed by atoms with Gasteiger partial charge in [0.25, 0.3) is 5.91 Å². The van der Waals surface area contributed by atoms with Crippen LogP contribution < -0.4 is 4.74 Å². The summed E-state index contributed by atoms with van der Waals surface area (Å²) in [6.07, 6.45) is 3.23. The van der Waals surface area contributed by atoms with Gasteiger partial charge in [0.2, 0.25) is 0 Å². The van der Waals surface area contributed by atoms with Crippen LogP contribution in [0.4, 0.5) is 8.78 Å². The number of ether oxygens (including phenoxy) is 1. The van der Waals surface area contributed by atoms with Gasteiger partial charge in [-0.25, -0.2) is 8.78 Å². The zero-order valence-electron chi connectivity index (χ0n) is 14.0. The molecule has 0 unspecified atom stereocenters. The van der Waals surface area contributed by atoms with Gasteiger partial charge in [-0.2, -0.15) is 0 Å². The Morgan fingerprint density at radius 2 is 2.17 bits per heavy atom. The number of aliphatic hydroxyl groups is 1. The van der Waals surface area contributed by atoms with Crippen molar-refractivity contribution in [2.24, 2.45) is 11.8 Å². The standard InChI is InChI=1S/C18H23F2NO3/c1-3-18(23)8-4-5-11-9-21(10-12(11)18)17(22)15-14(24-2)7-6-13(19)16(15)20/h6-7,11-12,23H,3-5,8-10H2,1-2H3/t11-,12+,18-/m0/s1. The second kappa shape index (κ2) is 6.31. The number of amides is 1. The van der Waals surface area contributed by atoms with E-state index < -0.39 is 23.1 Å². The minimum Gasteiger partial charge on any atom is -0.496 e. The topological polar surface area (TPSA) is 49.8 Å². The first-order valence-electron chi connectivity index (χ1n) is 8.45. The number of likely N-dealkylation sites (tertiary alicyclic amines) is 1. The number of fused-ring (bicyclic) bond motifs is 1. The van der Waals surface area contributed by atoms with Gasteiger partial charge in [0.1, 0.15) is 11.3 Å². The summed E-state index contributed by atoms with van der Waals surface area (Å²) >= 11 is 0. The lowest BCUT2D eigenvalue weighted by atomic mass is 9.69. The first kappa shape index (κ1) is 17.1. The highest BCUT2D eigenvalue weighted by Gasteiger charge is 2.49. The summed E-state index contributed by atoms with van der Waals surface area (Å²) in [6.45, 7) is 2.78. The Morgan fingerprint density at radius 3 is 2.83 bits per heavy atom. The lowest BCUT2D eigenvalue weighted by Crippen LogP contribution is -2.44. The van der Waals surface area contributed by atoms with E-state index >= 15 is 0 Å². The maximum atomic E-state index is 14.2. The first-order valence-corrected chi connectivity index (χ1v) is 8.45. The van der Waals surface area contributed by atoms with Crippen LogP contribution in [0.15, 0.2) is 12.1 Å². The molecule has 3 rings (SSSR count). The monoisotopic (exact) mass is 339 g/mol. The molecule has 3 atom stereocenters. The van der Waals surface area contributed by atoms with Gasteiger partial charge in [-0.15, -0.1) is 0 Å². The quantitative estimate of drug-likeness (QED) is 0.921. The Hall–Kier alpha value is -1.69. The average Bonchev–Trinajstić information content (AvgIpc) is 3.02. The van der Waals surface area contributed by atoms with Crippen LogP contribution in [-0.4, -0.2) is 41.7 Å². The molecule has 24 heavy (non-hydrogen) atoms. The molecule has 1 N–H and O–H groups in total. The van der Waals surface area contributed by atoms with Gasteiger partial charge < -0.3 is 14.7 Å². The molecule has 1 saturated carbocycles. The molecule has 2 aliphatic rings. The van der Waals surface area contributed by atoms with Crippen molar-refractivity contribution in [2.75, 3.05) is 20.2 Å². The maximum Gasteiger partial charge on any atom is 0.260 e. The van der Waals surface area contributed by atoms with Gasteiger partial charge in [0.05, 0.1) is 12.7 Å². The van der Waals surface area contributed by atoms with Gasteiger partial charge >= 0.3 is 0 Å².